The van der Waals surface area contributed by atoms with Crippen molar-refractivity contribution in [2.24, 2.45) is 5.92 Å². The first kappa shape index (κ1) is 20.0. The highest BCUT2D eigenvalue weighted by Crippen LogP contribution is 2.28. The van der Waals surface area contributed by atoms with E-state index in [-0.39, 0.29) is 0 Å². The molecule has 29 heavy (non-hydrogen) atoms. The van der Waals surface area contributed by atoms with Crippen LogP contribution in [-0.2, 0) is 0 Å². The summed E-state index contributed by atoms with van der Waals surface area (Å²) in [5.41, 5.74) is 1.36. The Labute approximate surface area is 174 Å². The van der Waals surface area contributed by atoms with Gasteiger partial charge in [-0.05, 0) is 56.7 Å². The van der Waals surface area contributed by atoms with Crippen molar-refractivity contribution in [3.05, 3.63) is 42.7 Å². The molecule has 1 aromatic heterocycles. The van der Waals surface area contributed by atoms with E-state index in [2.05, 4.69) is 55.4 Å². The van der Waals surface area contributed by atoms with Crippen LogP contribution in [0.25, 0.3) is 0 Å². The van der Waals surface area contributed by atoms with Crippen LogP contribution in [0.5, 0.6) is 5.75 Å². The summed E-state index contributed by atoms with van der Waals surface area (Å²) < 4.78 is 5.12. The van der Waals surface area contributed by atoms with Crippen molar-refractivity contribution in [1.29, 1.82) is 0 Å². The van der Waals surface area contributed by atoms with Crippen LogP contribution in [0, 0.1) is 5.92 Å². The highest BCUT2D eigenvalue weighted by Gasteiger charge is 2.23. The molecule has 0 amide bonds. The molecule has 6 heteroatoms. The van der Waals surface area contributed by atoms with Gasteiger partial charge in [-0.1, -0.05) is 18.2 Å². The lowest BCUT2D eigenvalue weighted by Crippen LogP contribution is -2.47. The second-order valence-corrected chi connectivity index (χ2v) is 8.26. The molecular formula is C23H33N5O. The number of benzene rings is 1. The number of hydrogen-bond acceptors (Lipinski definition) is 6. The molecule has 2 aromatic rings. The number of methoxy groups -OCH3 is 1. The van der Waals surface area contributed by atoms with E-state index in [1.807, 2.05) is 0 Å². The Hall–Kier alpha value is -2.34. The molecule has 1 aliphatic heterocycles. The van der Waals surface area contributed by atoms with E-state index in [0.29, 0.717) is 17.7 Å². The molecule has 0 unspecified atom stereocenters. The molecule has 0 atom stereocenters. The van der Waals surface area contributed by atoms with Crippen LogP contribution in [0.15, 0.2) is 42.7 Å². The largest absolute Gasteiger partial charge is 0.494 e. The number of para-hydroxylation sites is 1. The van der Waals surface area contributed by atoms with E-state index < -0.39 is 0 Å². The van der Waals surface area contributed by atoms with Crippen LogP contribution in [0.3, 0.4) is 0 Å². The maximum atomic E-state index is 5.12. The summed E-state index contributed by atoms with van der Waals surface area (Å²) in [5, 5.41) is 3.48. The Kier molecular flexibility index (Phi) is 6.83. The fourth-order valence-corrected chi connectivity index (χ4v) is 4.51. The molecule has 2 aliphatic rings. The summed E-state index contributed by atoms with van der Waals surface area (Å²) in [5.74, 6) is 2.27. The fraction of sp³-hybridized carbons (Fsp3) is 0.565. The smallest absolute Gasteiger partial charge is 0.223 e. The molecule has 0 radical (unpaired) electrons. The van der Waals surface area contributed by atoms with Gasteiger partial charge in [0.15, 0.2) is 5.75 Å². The van der Waals surface area contributed by atoms with Crippen molar-refractivity contribution >= 4 is 11.6 Å². The predicted molar refractivity (Wildman–Crippen MR) is 118 cm³/mol. The average molecular weight is 396 g/mol. The zero-order valence-corrected chi connectivity index (χ0v) is 17.5. The van der Waals surface area contributed by atoms with E-state index in [0.717, 1.165) is 19.0 Å². The summed E-state index contributed by atoms with van der Waals surface area (Å²) in [6.45, 7) is 5.89. The lowest BCUT2D eigenvalue weighted by Gasteiger charge is -2.37. The summed E-state index contributed by atoms with van der Waals surface area (Å²) in [7, 11) is 1.64. The van der Waals surface area contributed by atoms with E-state index >= 15 is 0 Å². The van der Waals surface area contributed by atoms with Crippen molar-refractivity contribution < 1.29 is 4.74 Å². The van der Waals surface area contributed by atoms with Gasteiger partial charge < -0.3 is 15.0 Å². The Morgan fingerprint density at radius 3 is 2.31 bits per heavy atom. The minimum absolute atomic E-state index is 0.495. The maximum Gasteiger partial charge on any atom is 0.223 e. The first-order valence-corrected chi connectivity index (χ1v) is 10.9. The van der Waals surface area contributed by atoms with Crippen LogP contribution >= 0.6 is 0 Å². The van der Waals surface area contributed by atoms with Crippen LogP contribution < -0.4 is 15.0 Å². The highest BCUT2D eigenvalue weighted by molar-refractivity contribution is 5.46. The molecule has 6 nitrogen and oxygen atoms in total. The molecule has 1 aromatic carbocycles. The molecule has 156 valence electrons. The van der Waals surface area contributed by atoms with Gasteiger partial charge in [-0.3, -0.25) is 4.90 Å². The van der Waals surface area contributed by atoms with Gasteiger partial charge in [0.1, 0.15) is 0 Å². The Morgan fingerprint density at radius 1 is 0.966 bits per heavy atom. The molecule has 0 spiro atoms. The lowest BCUT2D eigenvalue weighted by atomic mass is 9.84. The molecule has 1 saturated carbocycles. The molecule has 1 N–H and O–H groups in total. The number of piperazine rings is 1. The second-order valence-electron chi connectivity index (χ2n) is 8.26. The standard InChI is InChI=1S/C23H33N5O/c1-29-22-17-24-23(25-18-22)26-20-9-7-19(8-10-20)11-12-27-13-15-28(16-14-27)21-5-3-2-4-6-21/h2-6,17-20H,7-16H2,1H3,(H,24,25,26). The van der Waals surface area contributed by atoms with Gasteiger partial charge in [0.05, 0.1) is 19.5 Å². The van der Waals surface area contributed by atoms with Gasteiger partial charge in [0.2, 0.25) is 5.95 Å². The minimum Gasteiger partial charge on any atom is -0.494 e. The second kappa shape index (κ2) is 9.92. The van der Waals surface area contributed by atoms with E-state index in [4.69, 9.17) is 4.74 Å². The molecule has 0 bridgehead atoms. The zero-order chi connectivity index (χ0) is 19.9. The van der Waals surface area contributed by atoms with Gasteiger partial charge >= 0.3 is 0 Å². The van der Waals surface area contributed by atoms with Crippen molar-refractivity contribution in [1.82, 2.24) is 14.9 Å². The third-order valence-corrected chi connectivity index (χ3v) is 6.39. The molecule has 1 aliphatic carbocycles. The summed E-state index contributed by atoms with van der Waals surface area (Å²) in [6.07, 6.45) is 9.80. The highest BCUT2D eigenvalue weighted by atomic mass is 16.5. The molecular weight excluding hydrogens is 362 g/mol. The normalized spacial score (nSPS) is 23.0. The first-order valence-electron chi connectivity index (χ1n) is 10.9. The van der Waals surface area contributed by atoms with Crippen LogP contribution in [0.2, 0.25) is 0 Å². The number of anilines is 2. The van der Waals surface area contributed by atoms with Crippen molar-refractivity contribution in [3.8, 4) is 5.75 Å². The Balaban J connectivity index is 1.13. The number of hydrogen-bond donors (Lipinski definition) is 1. The predicted octanol–water partition coefficient (Wildman–Crippen LogP) is 3.67. The van der Waals surface area contributed by atoms with Gasteiger partial charge in [0.25, 0.3) is 0 Å². The zero-order valence-electron chi connectivity index (χ0n) is 17.5. The Bertz CT molecular complexity index is 723. The van der Waals surface area contributed by atoms with Crippen LogP contribution in [0.4, 0.5) is 11.6 Å². The maximum absolute atomic E-state index is 5.12. The summed E-state index contributed by atoms with van der Waals surface area (Å²) >= 11 is 0. The van der Waals surface area contributed by atoms with Crippen LogP contribution in [0.1, 0.15) is 32.1 Å². The summed E-state index contributed by atoms with van der Waals surface area (Å²) in [4.78, 5) is 13.8. The SMILES string of the molecule is COc1cnc(NC2CCC(CCN3CCN(c4ccccc4)CC3)CC2)nc1. The number of nitrogens with zero attached hydrogens (tertiary/aromatic N) is 4. The minimum atomic E-state index is 0.495. The van der Waals surface area contributed by atoms with Crippen molar-refractivity contribution in [2.75, 3.05) is 50.1 Å². The Morgan fingerprint density at radius 2 is 1.66 bits per heavy atom. The molecule has 4 rings (SSSR count). The third kappa shape index (κ3) is 5.60. The number of rotatable bonds is 7. The topological polar surface area (TPSA) is 53.5 Å². The summed E-state index contributed by atoms with van der Waals surface area (Å²) in [6, 6.07) is 11.3. The lowest BCUT2D eigenvalue weighted by molar-refractivity contribution is 0.218. The average Bonchev–Trinajstić information content (AvgIpc) is 2.80. The van der Waals surface area contributed by atoms with E-state index in [1.54, 1.807) is 19.5 Å². The van der Waals surface area contributed by atoms with Crippen molar-refractivity contribution in [2.45, 2.75) is 38.1 Å². The van der Waals surface area contributed by atoms with Gasteiger partial charge in [-0.2, -0.15) is 0 Å². The fourth-order valence-electron chi connectivity index (χ4n) is 4.51. The number of ether oxygens (including phenoxy) is 1. The number of aromatic nitrogens is 2. The van der Waals surface area contributed by atoms with E-state index in [1.165, 1.54) is 57.4 Å². The first-order chi connectivity index (χ1) is 14.3. The monoisotopic (exact) mass is 395 g/mol. The molecule has 2 heterocycles. The third-order valence-electron chi connectivity index (χ3n) is 6.39. The van der Waals surface area contributed by atoms with Gasteiger partial charge in [-0.15, -0.1) is 0 Å². The molecule has 2 fully saturated rings. The van der Waals surface area contributed by atoms with E-state index in [9.17, 15) is 0 Å². The van der Waals surface area contributed by atoms with Gasteiger partial charge in [-0.25, -0.2) is 9.97 Å². The number of nitrogens with one attached hydrogen (secondary N) is 1. The van der Waals surface area contributed by atoms with Crippen molar-refractivity contribution in [3.63, 3.8) is 0 Å². The van der Waals surface area contributed by atoms with Crippen LogP contribution in [-0.4, -0.2) is 60.7 Å². The van der Waals surface area contributed by atoms with Gasteiger partial charge in [0, 0.05) is 37.9 Å². The molecule has 1 saturated heterocycles. The quantitative estimate of drug-likeness (QED) is 0.772.